The van der Waals surface area contributed by atoms with E-state index in [1.165, 1.54) is 0 Å². The molecule has 0 amide bonds. The Morgan fingerprint density at radius 3 is 0.809 bits per heavy atom. The van der Waals surface area contributed by atoms with E-state index >= 15 is 0 Å². The maximum absolute atomic E-state index is 4.94. The molecule has 5 aromatic heterocycles. The average Bonchev–Trinajstić information content (AvgIpc) is 1.19. The van der Waals surface area contributed by atoms with Gasteiger partial charge in [0.1, 0.15) is 0 Å². The van der Waals surface area contributed by atoms with Crippen molar-refractivity contribution < 1.29 is 40.2 Å². The van der Waals surface area contributed by atoms with Crippen LogP contribution in [0.5, 0.6) is 0 Å². The van der Waals surface area contributed by atoms with Gasteiger partial charge < -0.3 is 29.9 Å². The van der Waals surface area contributed by atoms with E-state index in [-0.39, 0.29) is 40.2 Å². The molecule has 0 saturated heterocycles. The minimum atomic E-state index is 0. The number of hydrogen-bond acceptors (Lipinski definition) is 6. The van der Waals surface area contributed by atoms with Crippen molar-refractivity contribution >= 4 is 48.6 Å². The molecule has 0 spiro atoms. The van der Waals surface area contributed by atoms with Crippen molar-refractivity contribution in [1.82, 2.24) is 29.9 Å². The fourth-order valence-electron chi connectivity index (χ4n) is 10.9. The number of rotatable bonds is 17. The Labute approximate surface area is 576 Å². The van der Waals surface area contributed by atoms with Gasteiger partial charge in [0.05, 0.1) is 0 Å². The molecule has 8 heteroatoms. The number of nitrogens with zero attached hydrogens (tertiary/aromatic N) is 6. The minimum absolute atomic E-state index is 0. The van der Waals surface area contributed by atoms with Crippen LogP contribution in [-0.4, -0.2) is 29.9 Å². The molecule has 446 valence electrons. The molecule has 0 radical (unpaired) electrons. The van der Waals surface area contributed by atoms with E-state index < -0.39 is 0 Å². The van der Waals surface area contributed by atoms with Gasteiger partial charge in [-0.3, -0.25) is 12.1 Å². The Morgan fingerprint density at radius 1 is 0.234 bits per heavy atom. The summed E-state index contributed by atoms with van der Waals surface area (Å²) in [6.45, 7) is 0. The summed E-state index contributed by atoms with van der Waals surface area (Å²) in [7, 11) is 0. The third-order valence-corrected chi connectivity index (χ3v) is 15.7. The van der Waals surface area contributed by atoms with Crippen LogP contribution in [0.15, 0.2) is 280 Å². The molecule has 0 fully saturated rings. The SMILES string of the molecule is [Ir+3].[Ir+3].[c-]1cc(-c2ccccc2-c2cc(/C=C\c3c[c-]c(-c4ccccn4)cc3)cc(/C=C\c3c[c-]c(-c4ccccn4)cc3)c2)c[c-]c1-c1ncc(-c2ccccc2-c2cc(/C=C\c3c[c-]c(-c4ccccn4)cc3)cc(/C=C\c3c[c-]c(-c4ccccn4)cc3)c2)cn1. The summed E-state index contributed by atoms with van der Waals surface area (Å²) in [6, 6.07) is 103. The van der Waals surface area contributed by atoms with Crippen molar-refractivity contribution in [1.29, 1.82) is 0 Å². The molecule has 6 nitrogen and oxygen atoms in total. The summed E-state index contributed by atoms with van der Waals surface area (Å²) in [5.41, 5.74) is 24.5. The van der Waals surface area contributed by atoms with Gasteiger partial charge in [-0.15, -0.1) is 142 Å². The first kappa shape index (κ1) is 63.1. The largest absolute Gasteiger partial charge is 3.00 e. The molecule has 9 aromatic carbocycles. The van der Waals surface area contributed by atoms with Crippen LogP contribution in [0.3, 0.4) is 0 Å². The van der Waals surface area contributed by atoms with E-state index in [2.05, 4.69) is 238 Å². The summed E-state index contributed by atoms with van der Waals surface area (Å²) in [4.78, 5) is 27.9. The van der Waals surface area contributed by atoms with Crippen molar-refractivity contribution in [3.05, 3.63) is 361 Å². The third kappa shape index (κ3) is 15.4. The first-order valence-corrected chi connectivity index (χ1v) is 30.2. The maximum Gasteiger partial charge on any atom is 3.00 e. The topological polar surface area (TPSA) is 77.3 Å². The minimum Gasteiger partial charge on any atom is -0.332 e. The molecule has 0 saturated carbocycles. The van der Waals surface area contributed by atoms with Crippen molar-refractivity contribution in [3.8, 4) is 101 Å². The Hall–Kier alpha value is -11.1. The average molecular weight is 1560 g/mol. The van der Waals surface area contributed by atoms with E-state index in [1.54, 1.807) is 24.8 Å². The molecule has 0 atom stereocenters. The third-order valence-electron chi connectivity index (χ3n) is 15.7. The van der Waals surface area contributed by atoms with Gasteiger partial charge in [0.25, 0.3) is 0 Å². The van der Waals surface area contributed by atoms with Crippen LogP contribution in [0.4, 0.5) is 0 Å². The van der Waals surface area contributed by atoms with Crippen LogP contribution in [-0.2, 0) is 40.2 Å². The van der Waals surface area contributed by atoms with Gasteiger partial charge >= 0.3 is 40.2 Å². The molecule has 0 aliphatic carbocycles. The monoisotopic (exact) mass is 1560 g/mol. The number of benzene rings is 9. The van der Waals surface area contributed by atoms with Gasteiger partial charge in [0.2, 0.25) is 0 Å². The zero-order valence-corrected chi connectivity index (χ0v) is 55.3. The van der Waals surface area contributed by atoms with Crippen LogP contribution in [0.25, 0.3) is 150 Å². The first-order chi connectivity index (χ1) is 45.5. The second-order valence-electron chi connectivity index (χ2n) is 21.9. The molecule has 5 heterocycles. The normalized spacial score (nSPS) is 11.3. The summed E-state index contributed by atoms with van der Waals surface area (Å²) < 4.78 is 0. The van der Waals surface area contributed by atoms with E-state index in [0.29, 0.717) is 11.4 Å². The fraction of sp³-hybridized carbons (Fsp3) is 0. The van der Waals surface area contributed by atoms with Crippen molar-refractivity contribution in [2.24, 2.45) is 0 Å². The van der Waals surface area contributed by atoms with Crippen molar-refractivity contribution in [2.45, 2.75) is 0 Å². The van der Waals surface area contributed by atoms with Crippen LogP contribution in [0.2, 0.25) is 0 Å². The quantitative estimate of drug-likeness (QED) is 0.0668. The summed E-state index contributed by atoms with van der Waals surface area (Å²) >= 11 is 0. The van der Waals surface area contributed by atoms with Gasteiger partial charge in [-0.05, 0) is 139 Å². The molecule has 0 bridgehead atoms. The van der Waals surface area contributed by atoms with Gasteiger partial charge in [-0.1, -0.05) is 151 Å². The van der Waals surface area contributed by atoms with E-state index in [0.717, 1.165) is 134 Å². The maximum atomic E-state index is 4.94. The van der Waals surface area contributed by atoms with E-state index in [9.17, 15) is 0 Å². The van der Waals surface area contributed by atoms with E-state index in [1.807, 2.05) is 122 Å². The predicted molar refractivity (Wildman–Crippen MR) is 377 cm³/mol. The first-order valence-electron chi connectivity index (χ1n) is 30.2. The molecule has 94 heavy (non-hydrogen) atoms. The predicted octanol–water partition coefficient (Wildman–Crippen LogP) is 20.5. The van der Waals surface area contributed by atoms with Crippen molar-refractivity contribution in [3.63, 3.8) is 0 Å². The zero-order chi connectivity index (χ0) is 61.7. The van der Waals surface area contributed by atoms with E-state index in [4.69, 9.17) is 9.97 Å². The summed E-state index contributed by atoms with van der Waals surface area (Å²) in [5, 5.41) is 0. The molecular formula is C86H54Ir2N6. The summed E-state index contributed by atoms with van der Waals surface area (Å²) in [6.07, 6.45) is 28.1. The van der Waals surface area contributed by atoms with Gasteiger partial charge in [0.15, 0.2) is 0 Å². The second-order valence-corrected chi connectivity index (χ2v) is 21.9. The number of aromatic nitrogens is 6. The summed E-state index contributed by atoms with van der Waals surface area (Å²) in [5.74, 6) is 0.533. The van der Waals surface area contributed by atoms with Crippen LogP contribution in [0, 0.1) is 36.4 Å². The molecule has 0 aliphatic heterocycles. The van der Waals surface area contributed by atoms with Crippen LogP contribution in [0.1, 0.15) is 44.5 Å². The van der Waals surface area contributed by atoms with Gasteiger partial charge in [0, 0.05) is 42.7 Å². The second kappa shape index (κ2) is 30.4. The standard InChI is InChI=1S/C86H54N6.2Ir/c1-2-14-79(75-55-65(25-21-61-29-37-70(38-30-61)82-17-5-9-49-87-82)53-66(56-75)26-22-62-31-39-71(40-32-62)83-18-6-10-50-88-83)78(13-1)69-45-47-74(48-46-69)86-91-59-77(60-92-86)81-16-4-3-15-80(81)76-57-67(27-23-63-33-41-72(42-34-63)84-19-7-11-51-89-84)54-68(58-76)28-24-64-35-43-73(44-36-64)85-20-8-12-52-90-85;;/h1-37,39,41,43,45-46,49-60H;;/q-6;2*+3/b25-21-,26-22-,27-23-,28-24-;;. The molecule has 0 unspecified atom stereocenters. The zero-order valence-electron chi connectivity index (χ0n) is 50.5. The van der Waals surface area contributed by atoms with Gasteiger partial charge in [-0.2, -0.15) is 5.56 Å². The molecule has 0 aliphatic rings. The molecule has 14 rings (SSSR count). The Kier molecular flexibility index (Phi) is 20.4. The van der Waals surface area contributed by atoms with Gasteiger partial charge in [-0.25, -0.2) is 17.7 Å². The molecular weight excluding hydrogens is 1500 g/mol. The smallest absolute Gasteiger partial charge is 0.332 e. The Balaban J connectivity index is 0.00000424. The Bertz CT molecular complexity index is 4400. The number of pyridine rings is 4. The Morgan fingerprint density at radius 2 is 0.521 bits per heavy atom. The molecule has 14 aromatic rings. The van der Waals surface area contributed by atoms with Crippen LogP contribution >= 0.6 is 0 Å². The fourth-order valence-corrected chi connectivity index (χ4v) is 10.9. The molecule has 0 N–H and O–H groups in total. The van der Waals surface area contributed by atoms with Crippen LogP contribution < -0.4 is 0 Å². The number of hydrogen-bond donors (Lipinski definition) is 0. The van der Waals surface area contributed by atoms with Crippen molar-refractivity contribution in [2.75, 3.05) is 0 Å².